The lowest BCUT2D eigenvalue weighted by Crippen LogP contribution is -2.17. The summed E-state index contributed by atoms with van der Waals surface area (Å²) in [5.74, 6) is -0.620. The van der Waals surface area contributed by atoms with Gasteiger partial charge in [0.15, 0.2) is 0 Å². The van der Waals surface area contributed by atoms with Crippen LogP contribution in [0.5, 0.6) is 5.75 Å². The number of benzene rings is 2. The molecule has 0 saturated heterocycles. The number of nitrogens with two attached hydrogens (primary N) is 1. The van der Waals surface area contributed by atoms with Crippen LogP contribution < -0.4 is 9.88 Å². The topological polar surface area (TPSA) is 72.6 Å². The van der Waals surface area contributed by atoms with Gasteiger partial charge in [-0.2, -0.15) is 0 Å². The highest BCUT2D eigenvalue weighted by atomic mass is 32.2. The third kappa shape index (κ3) is 4.75. The van der Waals surface area contributed by atoms with Gasteiger partial charge in [-0.3, -0.25) is 0 Å². The summed E-state index contributed by atoms with van der Waals surface area (Å²) < 4.78 is 42.6. The first-order valence-corrected chi connectivity index (χ1v) is 8.48. The van der Waals surface area contributed by atoms with E-state index in [1.807, 2.05) is 49.3 Å². The molecule has 0 atom stereocenters. The number of primary sulfonamides is 1. The molecule has 2 aromatic rings. The quantitative estimate of drug-likeness (QED) is 0.876. The normalized spacial score (nSPS) is 11.7. The number of sulfonamides is 1. The smallest absolute Gasteiger partial charge is 0.240 e. The fourth-order valence-corrected chi connectivity index (χ4v) is 2.77. The van der Waals surface area contributed by atoms with Crippen LogP contribution in [0.1, 0.15) is 11.1 Å². The molecule has 23 heavy (non-hydrogen) atoms. The Bertz CT molecular complexity index is 777. The first kappa shape index (κ1) is 17.4. The Morgan fingerprint density at radius 3 is 2.39 bits per heavy atom. The average Bonchev–Trinajstić information content (AvgIpc) is 2.46. The number of hydrogen-bond donors (Lipinski definition) is 1. The molecule has 0 heterocycles. The van der Waals surface area contributed by atoms with Crippen molar-refractivity contribution in [3.05, 3.63) is 59.4 Å². The van der Waals surface area contributed by atoms with Gasteiger partial charge in [0.1, 0.15) is 23.1 Å². The van der Waals surface area contributed by atoms with E-state index in [0.29, 0.717) is 17.9 Å². The van der Waals surface area contributed by atoms with Gasteiger partial charge in [0.05, 0.1) is 0 Å². The van der Waals surface area contributed by atoms with E-state index in [1.54, 1.807) is 0 Å². The lowest BCUT2D eigenvalue weighted by atomic mass is 10.2. The molecular formula is C16H19FN2O3S. The first-order chi connectivity index (χ1) is 10.8. The SMILES string of the molecule is CN(C)Cc1cc(S(N)(=O)=O)c(F)cc1OCc1ccccc1. The Morgan fingerprint density at radius 1 is 1.17 bits per heavy atom. The Balaban J connectivity index is 2.35. The number of ether oxygens (including phenoxy) is 1. The van der Waals surface area contributed by atoms with Crippen molar-refractivity contribution in [1.29, 1.82) is 0 Å². The maximum atomic E-state index is 14.0. The zero-order valence-electron chi connectivity index (χ0n) is 13.0. The zero-order chi connectivity index (χ0) is 17.0. The molecule has 0 spiro atoms. The van der Waals surface area contributed by atoms with E-state index in [0.717, 1.165) is 11.6 Å². The highest BCUT2D eigenvalue weighted by molar-refractivity contribution is 7.89. The number of rotatable bonds is 6. The third-order valence-corrected chi connectivity index (χ3v) is 4.07. The van der Waals surface area contributed by atoms with E-state index in [9.17, 15) is 12.8 Å². The van der Waals surface area contributed by atoms with Crippen LogP contribution in [0.2, 0.25) is 0 Å². The van der Waals surface area contributed by atoms with Crippen molar-refractivity contribution in [3.63, 3.8) is 0 Å². The summed E-state index contributed by atoms with van der Waals surface area (Å²) in [5.41, 5.74) is 1.48. The van der Waals surface area contributed by atoms with Crippen LogP contribution in [0.3, 0.4) is 0 Å². The van der Waals surface area contributed by atoms with Crippen LogP contribution in [-0.4, -0.2) is 27.4 Å². The monoisotopic (exact) mass is 338 g/mol. The maximum Gasteiger partial charge on any atom is 0.240 e. The molecule has 0 aliphatic carbocycles. The standard InChI is InChI=1S/C16H19FN2O3S/c1-19(2)10-13-8-16(23(18,20)21)14(17)9-15(13)22-11-12-6-4-3-5-7-12/h3-9H,10-11H2,1-2H3,(H2,18,20,21). The van der Waals surface area contributed by atoms with Gasteiger partial charge >= 0.3 is 0 Å². The largest absolute Gasteiger partial charge is 0.488 e. The molecule has 0 amide bonds. The highest BCUT2D eigenvalue weighted by Gasteiger charge is 2.19. The fraction of sp³-hybridized carbons (Fsp3) is 0.250. The third-order valence-electron chi connectivity index (χ3n) is 3.15. The van der Waals surface area contributed by atoms with Crippen molar-refractivity contribution in [3.8, 4) is 5.75 Å². The summed E-state index contributed by atoms with van der Waals surface area (Å²) in [7, 11) is -0.484. The average molecular weight is 338 g/mol. The summed E-state index contributed by atoms with van der Waals surface area (Å²) in [6.07, 6.45) is 0. The van der Waals surface area contributed by atoms with E-state index in [-0.39, 0.29) is 6.61 Å². The number of hydrogen-bond acceptors (Lipinski definition) is 4. The predicted molar refractivity (Wildman–Crippen MR) is 85.9 cm³/mol. The van der Waals surface area contributed by atoms with Crippen molar-refractivity contribution < 1.29 is 17.5 Å². The second kappa shape index (κ2) is 7.08. The molecular weight excluding hydrogens is 319 g/mol. The summed E-state index contributed by atoms with van der Waals surface area (Å²) in [5, 5.41) is 5.05. The Morgan fingerprint density at radius 2 is 1.83 bits per heavy atom. The molecule has 2 N–H and O–H groups in total. The molecule has 7 heteroatoms. The molecule has 0 unspecified atom stereocenters. The molecule has 0 radical (unpaired) electrons. The Hall–Kier alpha value is -1.96. The zero-order valence-corrected chi connectivity index (χ0v) is 13.8. The minimum atomic E-state index is -4.12. The van der Waals surface area contributed by atoms with Crippen LogP contribution in [0.15, 0.2) is 47.4 Å². The lowest BCUT2D eigenvalue weighted by Gasteiger charge is -2.16. The van der Waals surface area contributed by atoms with Crippen LogP contribution in [-0.2, 0) is 23.2 Å². The van der Waals surface area contributed by atoms with E-state index in [1.165, 1.54) is 6.07 Å². The van der Waals surface area contributed by atoms with Crippen LogP contribution in [0.25, 0.3) is 0 Å². The van der Waals surface area contributed by atoms with E-state index in [2.05, 4.69) is 0 Å². The molecule has 2 rings (SSSR count). The van der Waals surface area contributed by atoms with Gasteiger partial charge in [-0.1, -0.05) is 30.3 Å². The molecule has 0 aromatic heterocycles. The van der Waals surface area contributed by atoms with Crippen LogP contribution >= 0.6 is 0 Å². The predicted octanol–water partition coefficient (Wildman–Crippen LogP) is 2.11. The molecule has 0 fully saturated rings. The maximum absolute atomic E-state index is 14.0. The van der Waals surface area contributed by atoms with Gasteiger partial charge in [-0.05, 0) is 25.7 Å². The van der Waals surface area contributed by atoms with Crippen molar-refractivity contribution in [1.82, 2.24) is 4.90 Å². The number of halogens is 1. The Kier molecular flexibility index (Phi) is 5.35. The van der Waals surface area contributed by atoms with E-state index < -0.39 is 20.7 Å². The molecule has 0 aliphatic rings. The summed E-state index contributed by atoms with van der Waals surface area (Å²) in [4.78, 5) is 1.30. The molecule has 0 bridgehead atoms. The van der Waals surface area contributed by atoms with E-state index in [4.69, 9.17) is 9.88 Å². The second-order valence-electron chi connectivity index (χ2n) is 5.45. The van der Waals surface area contributed by atoms with Gasteiger partial charge < -0.3 is 9.64 Å². The summed E-state index contributed by atoms with van der Waals surface area (Å²) in [6, 6.07) is 11.7. The molecule has 0 saturated carbocycles. The van der Waals surface area contributed by atoms with Gasteiger partial charge in [0.25, 0.3) is 0 Å². The van der Waals surface area contributed by atoms with Gasteiger partial charge in [-0.15, -0.1) is 0 Å². The highest BCUT2D eigenvalue weighted by Crippen LogP contribution is 2.27. The molecule has 0 aliphatic heterocycles. The molecule has 2 aromatic carbocycles. The second-order valence-corrected chi connectivity index (χ2v) is 6.98. The summed E-state index contributed by atoms with van der Waals surface area (Å²) in [6.45, 7) is 0.655. The van der Waals surface area contributed by atoms with Crippen molar-refractivity contribution in [2.45, 2.75) is 18.0 Å². The molecule has 124 valence electrons. The van der Waals surface area contributed by atoms with Crippen LogP contribution in [0.4, 0.5) is 4.39 Å². The van der Waals surface area contributed by atoms with Crippen molar-refractivity contribution >= 4 is 10.0 Å². The first-order valence-electron chi connectivity index (χ1n) is 6.94. The van der Waals surface area contributed by atoms with Gasteiger partial charge in [-0.25, -0.2) is 17.9 Å². The van der Waals surface area contributed by atoms with Crippen molar-refractivity contribution in [2.75, 3.05) is 14.1 Å². The molecule has 5 nitrogen and oxygen atoms in total. The number of nitrogens with zero attached hydrogens (tertiary/aromatic N) is 1. The Labute approximate surface area is 135 Å². The van der Waals surface area contributed by atoms with Crippen molar-refractivity contribution in [2.24, 2.45) is 5.14 Å². The summed E-state index contributed by atoms with van der Waals surface area (Å²) >= 11 is 0. The van der Waals surface area contributed by atoms with Gasteiger partial charge in [0.2, 0.25) is 10.0 Å². The minimum Gasteiger partial charge on any atom is -0.488 e. The minimum absolute atomic E-state index is 0.259. The van der Waals surface area contributed by atoms with Crippen LogP contribution in [0, 0.1) is 5.82 Å². The van der Waals surface area contributed by atoms with Gasteiger partial charge in [0, 0.05) is 18.2 Å². The fourth-order valence-electron chi connectivity index (χ4n) is 2.13. The lowest BCUT2D eigenvalue weighted by molar-refractivity contribution is 0.293. The van der Waals surface area contributed by atoms with E-state index >= 15 is 0 Å².